The number of rotatable bonds is 9. The molecule has 1 N–H and O–H groups in total. The van der Waals surface area contributed by atoms with E-state index in [4.69, 9.17) is 14.2 Å². The molecule has 0 fully saturated rings. The number of nitriles is 1. The zero-order valence-corrected chi connectivity index (χ0v) is 17.1. The van der Waals surface area contributed by atoms with Gasteiger partial charge in [0.15, 0.2) is 0 Å². The van der Waals surface area contributed by atoms with E-state index >= 15 is 0 Å². The molecule has 8 nitrogen and oxygen atoms in total. The minimum absolute atomic E-state index is 0.208. The number of anilines is 1. The third-order valence-corrected chi connectivity index (χ3v) is 4.35. The highest BCUT2D eigenvalue weighted by Crippen LogP contribution is 2.17. The van der Waals surface area contributed by atoms with E-state index in [1.54, 1.807) is 48.4 Å². The summed E-state index contributed by atoms with van der Waals surface area (Å²) in [7, 11) is -2.00. The number of urea groups is 1. The van der Waals surface area contributed by atoms with Gasteiger partial charge in [-0.3, -0.25) is 0 Å². The third kappa shape index (κ3) is 7.81. The summed E-state index contributed by atoms with van der Waals surface area (Å²) in [4.78, 5) is 14.4. The van der Waals surface area contributed by atoms with E-state index in [0.29, 0.717) is 37.4 Å². The van der Waals surface area contributed by atoms with Crippen molar-refractivity contribution >= 4 is 21.8 Å². The number of carbonyl (C=O) groups is 1. The molecule has 9 heteroatoms. The Hall–Kier alpha value is -3.09. The van der Waals surface area contributed by atoms with Crippen LogP contribution in [0.25, 0.3) is 0 Å². The monoisotopic (exact) mass is 417 g/mol. The molecule has 0 saturated heterocycles. The standard InChI is InChI=1S/C20H23N3O5S/c1-27-12-4-11-23(20(24)22-18-6-3-5-17(13-18)14-21)15-16-7-9-19(10-8-16)28-29(2,25)26/h3,5-10,13H,4,11-12,15H2,1-2H3,(H,22,24). The first-order chi connectivity index (χ1) is 13.8. The lowest BCUT2D eigenvalue weighted by Gasteiger charge is -2.23. The van der Waals surface area contributed by atoms with E-state index in [0.717, 1.165) is 11.8 Å². The van der Waals surface area contributed by atoms with E-state index < -0.39 is 10.1 Å². The SMILES string of the molecule is COCCCN(Cc1ccc(OS(C)(=O)=O)cc1)C(=O)Nc1cccc(C#N)c1. The summed E-state index contributed by atoms with van der Waals surface area (Å²) >= 11 is 0. The van der Waals surface area contributed by atoms with Gasteiger partial charge in [0.05, 0.1) is 17.9 Å². The van der Waals surface area contributed by atoms with E-state index in [-0.39, 0.29) is 11.8 Å². The maximum Gasteiger partial charge on any atom is 0.322 e. The summed E-state index contributed by atoms with van der Waals surface area (Å²) in [6.07, 6.45) is 1.63. The molecule has 0 radical (unpaired) electrons. The molecule has 0 atom stereocenters. The highest BCUT2D eigenvalue weighted by molar-refractivity contribution is 7.86. The summed E-state index contributed by atoms with van der Waals surface area (Å²) < 4.78 is 32.3. The molecule has 0 heterocycles. The van der Waals surface area contributed by atoms with Crippen LogP contribution < -0.4 is 9.50 Å². The molecule has 0 unspecified atom stereocenters. The van der Waals surface area contributed by atoms with Gasteiger partial charge in [0.2, 0.25) is 0 Å². The van der Waals surface area contributed by atoms with Gasteiger partial charge in [0.1, 0.15) is 5.75 Å². The van der Waals surface area contributed by atoms with Crippen molar-refractivity contribution in [2.24, 2.45) is 0 Å². The summed E-state index contributed by atoms with van der Waals surface area (Å²) in [5.41, 5.74) is 1.79. The summed E-state index contributed by atoms with van der Waals surface area (Å²) in [6, 6.07) is 14.9. The molecule has 0 aromatic heterocycles. The Balaban J connectivity index is 2.10. The van der Waals surface area contributed by atoms with Gasteiger partial charge in [-0.2, -0.15) is 13.7 Å². The Kier molecular flexibility index (Phi) is 8.00. The maximum atomic E-state index is 12.8. The Morgan fingerprint density at radius 3 is 2.55 bits per heavy atom. The molecule has 29 heavy (non-hydrogen) atoms. The van der Waals surface area contributed by atoms with Crippen molar-refractivity contribution in [1.29, 1.82) is 5.26 Å². The average molecular weight is 417 g/mol. The molecule has 154 valence electrons. The lowest BCUT2D eigenvalue weighted by molar-refractivity contribution is 0.171. The molecule has 2 rings (SSSR count). The lowest BCUT2D eigenvalue weighted by Crippen LogP contribution is -2.35. The second-order valence-electron chi connectivity index (χ2n) is 6.32. The second kappa shape index (κ2) is 10.5. The molecule has 2 aromatic carbocycles. The van der Waals surface area contributed by atoms with Crippen molar-refractivity contribution in [1.82, 2.24) is 4.90 Å². The van der Waals surface area contributed by atoms with Crippen LogP contribution in [0.3, 0.4) is 0 Å². The molecule has 2 amide bonds. The van der Waals surface area contributed by atoms with Crippen LogP contribution in [0.1, 0.15) is 17.5 Å². The first-order valence-corrected chi connectivity index (χ1v) is 10.7. The molecule has 0 aliphatic carbocycles. The van der Waals surface area contributed by atoms with Crippen LogP contribution >= 0.6 is 0 Å². The van der Waals surface area contributed by atoms with Gasteiger partial charge >= 0.3 is 16.1 Å². The van der Waals surface area contributed by atoms with E-state index in [9.17, 15) is 13.2 Å². The highest BCUT2D eigenvalue weighted by atomic mass is 32.2. The fraction of sp³-hybridized carbons (Fsp3) is 0.300. The number of amides is 2. The Morgan fingerprint density at radius 1 is 1.21 bits per heavy atom. The van der Waals surface area contributed by atoms with Crippen molar-refractivity contribution in [2.75, 3.05) is 31.8 Å². The van der Waals surface area contributed by atoms with Gasteiger partial charge in [-0.05, 0) is 42.3 Å². The molecular formula is C20H23N3O5S. The van der Waals surface area contributed by atoms with Gasteiger partial charge in [-0.1, -0.05) is 18.2 Å². The number of hydrogen-bond donors (Lipinski definition) is 1. The summed E-state index contributed by atoms with van der Waals surface area (Å²) in [5.74, 6) is 0.208. The van der Waals surface area contributed by atoms with Crippen molar-refractivity contribution in [3.05, 3.63) is 59.7 Å². The minimum Gasteiger partial charge on any atom is -0.385 e. The smallest absolute Gasteiger partial charge is 0.322 e. The van der Waals surface area contributed by atoms with Crippen LogP contribution in [-0.2, 0) is 21.4 Å². The number of nitrogens with one attached hydrogen (secondary N) is 1. The van der Waals surface area contributed by atoms with Crippen LogP contribution in [0.4, 0.5) is 10.5 Å². The molecule has 0 spiro atoms. The lowest BCUT2D eigenvalue weighted by atomic mass is 10.2. The minimum atomic E-state index is -3.59. The largest absolute Gasteiger partial charge is 0.385 e. The molecule has 2 aromatic rings. The zero-order valence-electron chi connectivity index (χ0n) is 16.3. The molecule has 0 aliphatic rings. The predicted octanol–water partition coefficient (Wildman–Crippen LogP) is 2.97. The Labute approximate surface area is 170 Å². The van der Waals surface area contributed by atoms with Gasteiger partial charge in [0.25, 0.3) is 0 Å². The van der Waals surface area contributed by atoms with E-state index in [1.165, 1.54) is 12.1 Å². The Bertz CT molecular complexity index is 968. The molecular weight excluding hydrogens is 394 g/mol. The highest BCUT2D eigenvalue weighted by Gasteiger charge is 2.15. The van der Waals surface area contributed by atoms with Crippen LogP contribution in [-0.4, -0.2) is 45.9 Å². The van der Waals surface area contributed by atoms with Crippen LogP contribution in [0.5, 0.6) is 5.75 Å². The molecule has 0 aliphatic heterocycles. The van der Waals surface area contributed by atoms with Gasteiger partial charge in [-0.25, -0.2) is 4.79 Å². The zero-order chi connectivity index (χ0) is 21.3. The number of hydrogen-bond acceptors (Lipinski definition) is 6. The Morgan fingerprint density at radius 2 is 1.93 bits per heavy atom. The predicted molar refractivity (Wildman–Crippen MR) is 109 cm³/mol. The van der Waals surface area contributed by atoms with Crippen LogP contribution in [0, 0.1) is 11.3 Å². The number of benzene rings is 2. The maximum absolute atomic E-state index is 12.8. The fourth-order valence-electron chi connectivity index (χ4n) is 2.57. The average Bonchev–Trinajstić information content (AvgIpc) is 2.67. The third-order valence-electron chi connectivity index (χ3n) is 3.85. The normalized spacial score (nSPS) is 10.8. The number of methoxy groups -OCH3 is 1. The fourth-order valence-corrected chi connectivity index (χ4v) is 3.03. The second-order valence-corrected chi connectivity index (χ2v) is 7.90. The van der Waals surface area contributed by atoms with E-state index in [1.807, 2.05) is 6.07 Å². The summed E-state index contributed by atoms with van der Waals surface area (Å²) in [5, 5.41) is 11.8. The molecule has 0 bridgehead atoms. The number of nitrogens with zero attached hydrogens (tertiary/aromatic N) is 2. The summed E-state index contributed by atoms with van der Waals surface area (Å²) in [6.45, 7) is 1.28. The van der Waals surface area contributed by atoms with Gasteiger partial charge in [-0.15, -0.1) is 0 Å². The van der Waals surface area contributed by atoms with Crippen LogP contribution in [0.2, 0.25) is 0 Å². The van der Waals surface area contributed by atoms with Gasteiger partial charge < -0.3 is 19.1 Å². The number of ether oxygens (including phenoxy) is 1. The number of carbonyl (C=O) groups excluding carboxylic acids is 1. The van der Waals surface area contributed by atoms with Crippen molar-refractivity contribution in [3.63, 3.8) is 0 Å². The topological polar surface area (TPSA) is 109 Å². The van der Waals surface area contributed by atoms with E-state index in [2.05, 4.69) is 5.32 Å². The van der Waals surface area contributed by atoms with Gasteiger partial charge in [0, 0.05) is 32.5 Å². The first-order valence-electron chi connectivity index (χ1n) is 8.84. The van der Waals surface area contributed by atoms with Crippen molar-refractivity contribution in [3.8, 4) is 11.8 Å². The molecule has 0 saturated carbocycles. The van der Waals surface area contributed by atoms with Crippen molar-refractivity contribution in [2.45, 2.75) is 13.0 Å². The first kappa shape index (κ1) is 22.2. The van der Waals surface area contributed by atoms with Crippen LogP contribution in [0.15, 0.2) is 48.5 Å². The van der Waals surface area contributed by atoms with Crippen molar-refractivity contribution < 1.29 is 22.1 Å². The quantitative estimate of drug-likeness (QED) is 0.496.